The SMILES string of the molecule is COC(=O)c1c(C)c(CCC(=O)O)n(Cc2ccccc2)c1C. The molecule has 1 N–H and O–H groups in total. The first-order valence-electron chi connectivity index (χ1n) is 7.48. The van der Waals surface area contributed by atoms with Gasteiger partial charge >= 0.3 is 11.9 Å². The van der Waals surface area contributed by atoms with Crippen LogP contribution in [0.5, 0.6) is 0 Å². The monoisotopic (exact) mass is 315 g/mol. The molecule has 0 fully saturated rings. The third-order valence-electron chi connectivity index (χ3n) is 4.05. The van der Waals surface area contributed by atoms with Crippen molar-refractivity contribution < 1.29 is 19.4 Å². The number of ether oxygens (including phenoxy) is 1. The molecule has 0 radical (unpaired) electrons. The molecule has 0 aliphatic carbocycles. The topological polar surface area (TPSA) is 68.5 Å². The van der Waals surface area contributed by atoms with E-state index in [2.05, 4.69) is 0 Å². The van der Waals surface area contributed by atoms with Gasteiger partial charge in [-0.15, -0.1) is 0 Å². The number of rotatable bonds is 6. The molecule has 0 atom stereocenters. The zero-order valence-electron chi connectivity index (χ0n) is 13.6. The number of carbonyl (C=O) groups is 2. The summed E-state index contributed by atoms with van der Waals surface area (Å²) < 4.78 is 6.89. The molecule has 0 saturated carbocycles. The Labute approximate surface area is 135 Å². The maximum Gasteiger partial charge on any atom is 0.339 e. The third kappa shape index (κ3) is 3.62. The van der Waals surface area contributed by atoms with Crippen LogP contribution in [0.4, 0.5) is 0 Å². The van der Waals surface area contributed by atoms with Crippen molar-refractivity contribution in [3.63, 3.8) is 0 Å². The molecular weight excluding hydrogens is 294 g/mol. The first-order chi connectivity index (χ1) is 11.0. The lowest BCUT2D eigenvalue weighted by Gasteiger charge is -2.12. The maximum absolute atomic E-state index is 12.1. The summed E-state index contributed by atoms with van der Waals surface area (Å²) in [5.74, 6) is -1.24. The highest BCUT2D eigenvalue weighted by Gasteiger charge is 2.23. The standard InChI is InChI=1S/C18H21NO4/c1-12-15(9-10-16(20)21)19(11-14-7-5-4-6-8-14)13(2)17(12)18(22)23-3/h4-8H,9-11H2,1-3H3,(H,20,21). The van der Waals surface area contributed by atoms with E-state index >= 15 is 0 Å². The zero-order valence-corrected chi connectivity index (χ0v) is 13.6. The van der Waals surface area contributed by atoms with Gasteiger partial charge in [-0.25, -0.2) is 4.79 Å². The summed E-state index contributed by atoms with van der Waals surface area (Å²) >= 11 is 0. The van der Waals surface area contributed by atoms with Crippen LogP contribution in [0.15, 0.2) is 30.3 Å². The highest BCUT2D eigenvalue weighted by atomic mass is 16.5. The summed E-state index contributed by atoms with van der Waals surface area (Å²) in [6, 6.07) is 9.88. The van der Waals surface area contributed by atoms with Crippen LogP contribution in [0, 0.1) is 13.8 Å². The van der Waals surface area contributed by atoms with Crippen molar-refractivity contribution in [1.82, 2.24) is 4.57 Å². The van der Waals surface area contributed by atoms with Crippen LogP contribution in [0.25, 0.3) is 0 Å². The van der Waals surface area contributed by atoms with Crippen molar-refractivity contribution in [3.8, 4) is 0 Å². The Morgan fingerprint density at radius 2 is 1.83 bits per heavy atom. The lowest BCUT2D eigenvalue weighted by molar-refractivity contribution is -0.137. The largest absolute Gasteiger partial charge is 0.481 e. The molecule has 0 unspecified atom stereocenters. The van der Waals surface area contributed by atoms with Gasteiger partial charge in [0, 0.05) is 17.9 Å². The Balaban J connectivity index is 2.48. The summed E-state index contributed by atoms with van der Waals surface area (Å²) in [5, 5.41) is 8.98. The van der Waals surface area contributed by atoms with E-state index in [0.29, 0.717) is 18.5 Å². The average molecular weight is 315 g/mol. The van der Waals surface area contributed by atoms with Crippen molar-refractivity contribution >= 4 is 11.9 Å². The van der Waals surface area contributed by atoms with Crippen LogP contribution >= 0.6 is 0 Å². The summed E-state index contributed by atoms with van der Waals surface area (Å²) in [5.41, 5.74) is 4.10. The lowest BCUT2D eigenvalue weighted by Crippen LogP contribution is -2.09. The van der Waals surface area contributed by atoms with Crippen LogP contribution in [0.2, 0.25) is 0 Å². The first-order valence-corrected chi connectivity index (χ1v) is 7.48. The van der Waals surface area contributed by atoms with E-state index in [9.17, 15) is 9.59 Å². The molecular formula is C18H21NO4. The molecule has 0 amide bonds. The number of hydrogen-bond donors (Lipinski definition) is 1. The molecule has 0 aliphatic rings. The Bertz CT molecular complexity index is 716. The highest BCUT2D eigenvalue weighted by Crippen LogP contribution is 2.25. The van der Waals surface area contributed by atoms with Gasteiger partial charge in [0.25, 0.3) is 0 Å². The average Bonchev–Trinajstić information content (AvgIpc) is 2.76. The highest BCUT2D eigenvalue weighted by molar-refractivity contribution is 5.93. The number of methoxy groups -OCH3 is 1. The van der Waals surface area contributed by atoms with Gasteiger partial charge in [-0.2, -0.15) is 0 Å². The van der Waals surface area contributed by atoms with Crippen LogP contribution < -0.4 is 0 Å². The second-order valence-electron chi connectivity index (χ2n) is 5.49. The predicted molar refractivity (Wildman–Crippen MR) is 86.7 cm³/mol. The van der Waals surface area contributed by atoms with Crippen molar-refractivity contribution in [2.24, 2.45) is 0 Å². The van der Waals surface area contributed by atoms with Crippen LogP contribution in [0.1, 0.15) is 39.3 Å². The van der Waals surface area contributed by atoms with Gasteiger partial charge in [0.05, 0.1) is 19.1 Å². The van der Waals surface area contributed by atoms with Crippen LogP contribution in [0.3, 0.4) is 0 Å². The van der Waals surface area contributed by atoms with Crippen molar-refractivity contribution in [2.45, 2.75) is 33.2 Å². The van der Waals surface area contributed by atoms with Crippen molar-refractivity contribution in [3.05, 3.63) is 58.4 Å². The quantitative estimate of drug-likeness (QED) is 0.832. The van der Waals surface area contributed by atoms with Gasteiger partial charge in [-0.1, -0.05) is 30.3 Å². The molecule has 5 nitrogen and oxygen atoms in total. The van der Waals surface area contributed by atoms with E-state index in [1.807, 2.05) is 48.7 Å². The minimum absolute atomic E-state index is 0.0275. The van der Waals surface area contributed by atoms with Gasteiger partial charge in [-0.05, 0) is 31.4 Å². The molecule has 0 aliphatic heterocycles. The number of hydrogen-bond acceptors (Lipinski definition) is 3. The minimum Gasteiger partial charge on any atom is -0.481 e. The van der Waals surface area contributed by atoms with Crippen LogP contribution in [-0.4, -0.2) is 28.7 Å². The van der Waals surface area contributed by atoms with Crippen molar-refractivity contribution in [2.75, 3.05) is 7.11 Å². The van der Waals surface area contributed by atoms with Crippen LogP contribution in [-0.2, 0) is 22.5 Å². The summed E-state index contributed by atoms with van der Waals surface area (Å²) in [6.45, 7) is 4.31. The fraction of sp³-hybridized carbons (Fsp3) is 0.333. The number of esters is 1. The number of carbonyl (C=O) groups excluding carboxylic acids is 1. The molecule has 23 heavy (non-hydrogen) atoms. The Morgan fingerprint density at radius 3 is 2.39 bits per heavy atom. The maximum atomic E-state index is 12.1. The molecule has 0 spiro atoms. The predicted octanol–water partition coefficient (Wildman–Crippen LogP) is 2.96. The third-order valence-corrected chi connectivity index (χ3v) is 4.05. The summed E-state index contributed by atoms with van der Waals surface area (Å²) in [4.78, 5) is 23.0. The van der Waals surface area contributed by atoms with E-state index in [-0.39, 0.29) is 12.4 Å². The van der Waals surface area contributed by atoms with Gasteiger partial charge in [0.1, 0.15) is 0 Å². The molecule has 0 saturated heterocycles. The second-order valence-corrected chi connectivity index (χ2v) is 5.49. The van der Waals surface area contributed by atoms with E-state index in [4.69, 9.17) is 9.84 Å². The minimum atomic E-state index is -0.853. The molecule has 1 heterocycles. The number of benzene rings is 1. The number of carboxylic acid groups (broad SMARTS) is 1. The molecule has 1 aromatic heterocycles. The molecule has 2 rings (SSSR count). The van der Waals surface area contributed by atoms with E-state index in [1.165, 1.54) is 7.11 Å². The van der Waals surface area contributed by atoms with Gasteiger partial charge in [0.2, 0.25) is 0 Å². The van der Waals surface area contributed by atoms with E-state index in [0.717, 1.165) is 22.5 Å². The van der Waals surface area contributed by atoms with Gasteiger partial charge in [-0.3, -0.25) is 4.79 Å². The second kappa shape index (κ2) is 7.13. The summed E-state index contributed by atoms with van der Waals surface area (Å²) in [6.07, 6.45) is 0.408. The van der Waals surface area contributed by atoms with Gasteiger partial charge < -0.3 is 14.4 Å². The fourth-order valence-electron chi connectivity index (χ4n) is 2.89. The van der Waals surface area contributed by atoms with E-state index in [1.54, 1.807) is 0 Å². The smallest absolute Gasteiger partial charge is 0.339 e. The first kappa shape index (κ1) is 16.8. The Hall–Kier alpha value is -2.56. The normalized spacial score (nSPS) is 10.6. The molecule has 5 heteroatoms. The van der Waals surface area contributed by atoms with Gasteiger partial charge in [0.15, 0.2) is 0 Å². The molecule has 0 bridgehead atoms. The lowest BCUT2D eigenvalue weighted by atomic mass is 10.1. The molecule has 2 aromatic rings. The number of aromatic nitrogens is 1. The van der Waals surface area contributed by atoms with E-state index < -0.39 is 5.97 Å². The molecule has 122 valence electrons. The Kier molecular flexibility index (Phi) is 5.21. The fourth-order valence-corrected chi connectivity index (χ4v) is 2.89. The molecule has 1 aromatic carbocycles. The zero-order chi connectivity index (χ0) is 17.0. The number of aliphatic carboxylic acids is 1. The van der Waals surface area contributed by atoms with Crippen molar-refractivity contribution in [1.29, 1.82) is 0 Å². The summed E-state index contributed by atoms with van der Waals surface area (Å²) in [7, 11) is 1.35. The Morgan fingerprint density at radius 1 is 1.17 bits per heavy atom. The number of nitrogens with zero attached hydrogens (tertiary/aromatic N) is 1. The number of carboxylic acids is 1.